The highest BCUT2D eigenvalue weighted by Gasteiger charge is 2.00. The molecule has 0 amide bonds. The van der Waals surface area contributed by atoms with Crippen molar-refractivity contribution in [1.29, 1.82) is 0 Å². The fourth-order valence-corrected chi connectivity index (χ4v) is 0.673. The molecule has 0 aliphatic rings. The van der Waals surface area contributed by atoms with E-state index < -0.39 is 0 Å². The van der Waals surface area contributed by atoms with Gasteiger partial charge in [-0.1, -0.05) is 12.1 Å². The first-order valence-electron chi connectivity index (χ1n) is 3.05. The second-order valence-corrected chi connectivity index (χ2v) is 2.28. The van der Waals surface area contributed by atoms with Crippen LogP contribution in [0.15, 0.2) is 10.3 Å². The smallest absolute Gasteiger partial charge is 0.0546 e. The van der Waals surface area contributed by atoms with E-state index in [1.807, 2.05) is 6.92 Å². The fourth-order valence-electron chi connectivity index (χ4n) is 0.673. The van der Waals surface area contributed by atoms with Gasteiger partial charge in [-0.05, 0) is 13.3 Å². The molecule has 0 radical (unpaired) electrons. The quantitative estimate of drug-likeness (QED) is 0.356. The third-order valence-corrected chi connectivity index (χ3v) is 1.11. The lowest BCUT2D eigenvalue weighted by molar-refractivity contribution is 0.314. The van der Waals surface area contributed by atoms with E-state index in [1.165, 1.54) is 6.21 Å². The summed E-state index contributed by atoms with van der Waals surface area (Å²) in [5.74, 6) is 0.112. The minimum absolute atomic E-state index is 0.112. The predicted molar refractivity (Wildman–Crippen MR) is 39.0 cm³/mol. The molecule has 1 atom stereocenters. The molecule has 0 aliphatic carbocycles. The van der Waals surface area contributed by atoms with Crippen LogP contribution in [-0.2, 0) is 0 Å². The van der Waals surface area contributed by atoms with Gasteiger partial charge in [-0.2, -0.15) is 0 Å². The molecule has 0 bridgehead atoms. The first-order valence-corrected chi connectivity index (χ1v) is 3.05. The molecule has 4 nitrogen and oxygen atoms in total. The molecular weight excluding hydrogens is 132 g/mol. The van der Waals surface area contributed by atoms with Crippen molar-refractivity contribution in [1.82, 2.24) is 0 Å². The molecule has 0 aliphatic heterocycles. The molecule has 0 saturated carbocycles. The average Bonchev–Trinajstić information content (AvgIpc) is 1.88. The highest BCUT2D eigenvalue weighted by molar-refractivity contribution is 5.84. The molecule has 10 heavy (non-hydrogen) atoms. The van der Waals surface area contributed by atoms with Crippen LogP contribution in [0.4, 0.5) is 0 Å². The molecule has 1 unspecified atom stereocenters. The van der Waals surface area contributed by atoms with Gasteiger partial charge in [-0.25, -0.2) is 0 Å². The van der Waals surface area contributed by atoms with E-state index in [-0.39, 0.29) is 5.92 Å². The minimum atomic E-state index is 0.112. The summed E-state index contributed by atoms with van der Waals surface area (Å²) >= 11 is 0. The maximum atomic E-state index is 8.23. The summed E-state index contributed by atoms with van der Waals surface area (Å²) in [6.07, 6.45) is 2.01. The molecule has 2 N–H and O–H groups in total. The van der Waals surface area contributed by atoms with Crippen molar-refractivity contribution in [2.45, 2.75) is 20.3 Å². The molecule has 0 aromatic heterocycles. The highest BCUT2D eigenvalue weighted by atomic mass is 16.4. The Morgan fingerprint density at radius 2 is 2.20 bits per heavy atom. The van der Waals surface area contributed by atoms with Crippen LogP contribution in [0, 0.1) is 5.92 Å². The summed E-state index contributed by atoms with van der Waals surface area (Å²) in [6, 6.07) is 0. The first kappa shape index (κ1) is 8.94. The van der Waals surface area contributed by atoms with Crippen LogP contribution >= 0.6 is 0 Å². The molecule has 0 heterocycles. The largest absolute Gasteiger partial charge is 0.411 e. The van der Waals surface area contributed by atoms with Gasteiger partial charge in [-0.3, -0.25) is 0 Å². The summed E-state index contributed by atoms with van der Waals surface area (Å²) in [5, 5.41) is 22.2. The van der Waals surface area contributed by atoms with E-state index in [0.717, 1.165) is 0 Å². The lowest BCUT2D eigenvalue weighted by Gasteiger charge is -2.00. The van der Waals surface area contributed by atoms with Crippen molar-refractivity contribution in [2.75, 3.05) is 0 Å². The van der Waals surface area contributed by atoms with Gasteiger partial charge < -0.3 is 10.4 Å². The lowest BCUT2D eigenvalue weighted by Crippen LogP contribution is -2.02. The van der Waals surface area contributed by atoms with Crippen molar-refractivity contribution < 1.29 is 10.4 Å². The van der Waals surface area contributed by atoms with Gasteiger partial charge in [0.1, 0.15) is 0 Å². The molecular formula is C6H12N2O2. The maximum absolute atomic E-state index is 8.23. The summed E-state index contributed by atoms with van der Waals surface area (Å²) in [4.78, 5) is 0. The Bertz CT molecular complexity index is 143. The summed E-state index contributed by atoms with van der Waals surface area (Å²) < 4.78 is 0. The van der Waals surface area contributed by atoms with Crippen molar-refractivity contribution in [3.05, 3.63) is 0 Å². The average molecular weight is 144 g/mol. The SMILES string of the molecule is C/C(CC(C)/C=N/O)=N\O. The zero-order valence-electron chi connectivity index (χ0n) is 6.15. The predicted octanol–water partition coefficient (Wildman–Crippen LogP) is 1.32. The third-order valence-electron chi connectivity index (χ3n) is 1.11. The first-order chi connectivity index (χ1) is 4.70. The Labute approximate surface area is 59.9 Å². The van der Waals surface area contributed by atoms with E-state index in [0.29, 0.717) is 12.1 Å². The van der Waals surface area contributed by atoms with E-state index in [2.05, 4.69) is 10.3 Å². The number of rotatable bonds is 3. The van der Waals surface area contributed by atoms with Gasteiger partial charge in [-0.15, -0.1) is 5.16 Å². The standard InChI is InChI=1S/C6H12N2O2/c1-5(4-7-9)3-6(2)8-10/h4-5,9-10H,3H2,1-2H3/b7-4+,8-6+. The van der Waals surface area contributed by atoms with Crippen LogP contribution in [0.25, 0.3) is 0 Å². The molecule has 0 rings (SSSR count). The van der Waals surface area contributed by atoms with E-state index >= 15 is 0 Å². The van der Waals surface area contributed by atoms with Crippen LogP contribution in [-0.4, -0.2) is 22.3 Å². The van der Waals surface area contributed by atoms with Crippen LogP contribution < -0.4 is 0 Å². The molecule has 0 fully saturated rings. The number of hydrogen-bond acceptors (Lipinski definition) is 4. The number of nitrogens with zero attached hydrogens (tertiary/aromatic N) is 2. The number of hydrogen-bond donors (Lipinski definition) is 2. The second kappa shape index (κ2) is 4.78. The van der Waals surface area contributed by atoms with Gasteiger partial charge in [0, 0.05) is 12.1 Å². The van der Waals surface area contributed by atoms with Crippen LogP contribution in [0.1, 0.15) is 20.3 Å². The third kappa shape index (κ3) is 3.88. The van der Waals surface area contributed by atoms with E-state index in [9.17, 15) is 0 Å². The Balaban J connectivity index is 3.68. The number of oxime groups is 2. The van der Waals surface area contributed by atoms with Crippen LogP contribution in [0.5, 0.6) is 0 Å². The van der Waals surface area contributed by atoms with E-state index in [1.54, 1.807) is 6.92 Å². The minimum Gasteiger partial charge on any atom is -0.411 e. The van der Waals surface area contributed by atoms with Crippen LogP contribution in [0.2, 0.25) is 0 Å². The van der Waals surface area contributed by atoms with Gasteiger partial charge in [0.25, 0.3) is 0 Å². The van der Waals surface area contributed by atoms with Gasteiger partial charge in [0.15, 0.2) is 0 Å². The van der Waals surface area contributed by atoms with Gasteiger partial charge in [0.2, 0.25) is 0 Å². The van der Waals surface area contributed by atoms with Gasteiger partial charge in [0.05, 0.1) is 5.71 Å². The van der Waals surface area contributed by atoms with Crippen molar-refractivity contribution in [2.24, 2.45) is 16.2 Å². The van der Waals surface area contributed by atoms with Crippen molar-refractivity contribution >= 4 is 11.9 Å². The molecule has 58 valence electrons. The molecule has 0 aromatic carbocycles. The van der Waals surface area contributed by atoms with Crippen molar-refractivity contribution in [3.8, 4) is 0 Å². The zero-order chi connectivity index (χ0) is 7.98. The fraction of sp³-hybridized carbons (Fsp3) is 0.667. The Hall–Kier alpha value is -1.06. The van der Waals surface area contributed by atoms with E-state index in [4.69, 9.17) is 10.4 Å². The highest BCUT2D eigenvalue weighted by Crippen LogP contribution is 1.99. The normalized spacial score (nSPS) is 16.0. The molecule has 4 heteroatoms. The lowest BCUT2D eigenvalue weighted by atomic mass is 10.1. The summed E-state index contributed by atoms with van der Waals surface area (Å²) in [7, 11) is 0. The van der Waals surface area contributed by atoms with Crippen molar-refractivity contribution in [3.63, 3.8) is 0 Å². The Morgan fingerprint density at radius 1 is 1.60 bits per heavy atom. The summed E-state index contributed by atoms with van der Waals surface area (Å²) in [6.45, 7) is 3.58. The van der Waals surface area contributed by atoms with Crippen LogP contribution in [0.3, 0.4) is 0 Å². The zero-order valence-corrected chi connectivity index (χ0v) is 6.15. The topological polar surface area (TPSA) is 65.2 Å². The maximum Gasteiger partial charge on any atom is 0.0546 e. The second-order valence-electron chi connectivity index (χ2n) is 2.28. The molecule has 0 saturated heterocycles. The molecule has 0 spiro atoms. The Kier molecular flexibility index (Phi) is 4.28. The van der Waals surface area contributed by atoms with Gasteiger partial charge >= 0.3 is 0 Å². The summed E-state index contributed by atoms with van der Waals surface area (Å²) in [5.41, 5.74) is 0.632. The molecule has 0 aromatic rings. The Morgan fingerprint density at radius 3 is 2.60 bits per heavy atom. The monoisotopic (exact) mass is 144 g/mol.